The third-order valence-electron chi connectivity index (χ3n) is 5.77. The van der Waals surface area contributed by atoms with Gasteiger partial charge in [0.2, 0.25) is 0 Å². The summed E-state index contributed by atoms with van der Waals surface area (Å²) in [5.41, 5.74) is 2.97. The van der Waals surface area contributed by atoms with Crippen LogP contribution in [0.15, 0.2) is 22.7 Å². The zero-order valence-corrected chi connectivity index (χ0v) is 18.5. The van der Waals surface area contributed by atoms with E-state index in [1.54, 1.807) is 6.20 Å². The van der Waals surface area contributed by atoms with Crippen LogP contribution < -0.4 is 5.32 Å². The third-order valence-corrected chi connectivity index (χ3v) is 5.77. The number of aryl methyl sites for hydroxylation is 2. The summed E-state index contributed by atoms with van der Waals surface area (Å²) < 4.78 is 7.57. The topological polar surface area (TPSA) is 76.2 Å². The average Bonchev–Trinajstić information content (AvgIpc) is 3.36. The van der Waals surface area contributed by atoms with Crippen LogP contribution in [0.5, 0.6) is 0 Å². The molecular formula is C23H31N5O2. The molecule has 0 unspecified atom stereocenters. The lowest BCUT2D eigenvalue weighted by atomic mass is 10.1. The Kier molecular flexibility index (Phi) is 5.64. The number of amides is 1. The number of carbonyl (C=O) groups is 1. The lowest BCUT2D eigenvalue weighted by molar-refractivity contribution is 0.0949. The van der Waals surface area contributed by atoms with Gasteiger partial charge in [-0.1, -0.05) is 6.92 Å². The normalized spacial score (nSPS) is 14.2. The molecule has 160 valence electrons. The summed E-state index contributed by atoms with van der Waals surface area (Å²) in [4.78, 5) is 20.4. The fourth-order valence-corrected chi connectivity index (χ4v) is 4.05. The number of furan rings is 1. The summed E-state index contributed by atoms with van der Waals surface area (Å²) in [6.45, 7) is 12.7. The van der Waals surface area contributed by atoms with Gasteiger partial charge in [-0.25, -0.2) is 9.67 Å². The Labute approximate surface area is 177 Å². The number of rotatable bonds is 8. The highest BCUT2D eigenvalue weighted by molar-refractivity contribution is 6.06. The quantitative estimate of drug-likeness (QED) is 0.606. The summed E-state index contributed by atoms with van der Waals surface area (Å²) in [7, 11) is 0. The maximum atomic E-state index is 13.1. The number of pyridine rings is 1. The van der Waals surface area contributed by atoms with Crippen LogP contribution in [0.4, 0.5) is 0 Å². The van der Waals surface area contributed by atoms with E-state index in [1.165, 1.54) is 12.8 Å². The Hall–Kier alpha value is -2.67. The molecule has 4 rings (SSSR count). The van der Waals surface area contributed by atoms with Crippen molar-refractivity contribution in [3.05, 3.63) is 35.4 Å². The molecule has 0 bridgehead atoms. The number of fused-ring (bicyclic) bond motifs is 1. The summed E-state index contributed by atoms with van der Waals surface area (Å²) in [6.07, 6.45) is 4.29. The Morgan fingerprint density at radius 3 is 2.70 bits per heavy atom. The number of carbonyl (C=O) groups excluding carboxylic acids is 1. The molecule has 3 heterocycles. The highest BCUT2D eigenvalue weighted by atomic mass is 16.3. The van der Waals surface area contributed by atoms with E-state index in [0.29, 0.717) is 18.2 Å². The lowest BCUT2D eigenvalue weighted by Gasteiger charge is -2.19. The summed E-state index contributed by atoms with van der Waals surface area (Å²) in [5.74, 6) is 1.54. The van der Waals surface area contributed by atoms with Gasteiger partial charge in [-0.05, 0) is 59.2 Å². The fraction of sp³-hybridized carbons (Fsp3) is 0.522. The first-order chi connectivity index (χ1) is 14.4. The summed E-state index contributed by atoms with van der Waals surface area (Å²) in [5, 5.41) is 8.38. The van der Waals surface area contributed by atoms with E-state index in [1.807, 2.05) is 30.7 Å². The van der Waals surface area contributed by atoms with E-state index >= 15 is 0 Å². The second kappa shape index (κ2) is 8.22. The first kappa shape index (κ1) is 20.6. The third kappa shape index (κ3) is 3.99. The van der Waals surface area contributed by atoms with Gasteiger partial charge in [-0.2, -0.15) is 5.10 Å². The second-order valence-corrected chi connectivity index (χ2v) is 8.42. The van der Waals surface area contributed by atoms with Crippen LogP contribution in [0, 0.1) is 13.8 Å². The van der Waals surface area contributed by atoms with Crippen LogP contribution in [0.2, 0.25) is 0 Å². The van der Waals surface area contributed by atoms with Gasteiger partial charge in [0, 0.05) is 30.7 Å². The molecule has 0 aromatic carbocycles. The van der Waals surface area contributed by atoms with Crippen molar-refractivity contribution < 1.29 is 9.21 Å². The fourth-order valence-electron chi connectivity index (χ4n) is 4.05. The van der Waals surface area contributed by atoms with Gasteiger partial charge in [0.05, 0.1) is 22.8 Å². The SMILES string of the molecule is CCN(CCNC(=O)c1cc(-c2cc(C)oc2C)nc2c1cnn2C(C)C)C1CC1. The monoisotopic (exact) mass is 409 g/mol. The highest BCUT2D eigenvalue weighted by Crippen LogP contribution is 2.30. The molecule has 1 aliphatic rings. The van der Waals surface area contributed by atoms with Crippen molar-refractivity contribution in [2.75, 3.05) is 19.6 Å². The van der Waals surface area contributed by atoms with Gasteiger partial charge in [0.1, 0.15) is 11.5 Å². The van der Waals surface area contributed by atoms with Crippen molar-refractivity contribution in [3.8, 4) is 11.3 Å². The second-order valence-electron chi connectivity index (χ2n) is 8.42. The predicted molar refractivity (Wildman–Crippen MR) is 118 cm³/mol. The minimum atomic E-state index is -0.0864. The van der Waals surface area contributed by atoms with E-state index in [-0.39, 0.29) is 11.9 Å². The molecule has 1 fully saturated rings. The van der Waals surface area contributed by atoms with E-state index < -0.39 is 0 Å². The van der Waals surface area contributed by atoms with E-state index in [9.17, 15) is 4.79 Å². The molecule has 0 spiro atoms. The van der Waals surface area contributed by atoms with Crippen LogP contribution in [0.3, 0.4) is 0 Å². The smallest absolute Gasteiger partial charge is 0.252 e. The van der Waals surface area contributed by atoms with Crippen molar-refractivity contribution in [2.45, 2.75) is 59.5 Å². The molecule has 30 heavy (non-hydrogen) atoms. The Bertz CT molecular complexity index is 1060. The Morgan fingerprint density at radius 2 is 2.10 bits per heavy atom. The van der Waals surface area contributed by atoms with Gasteiger partial charge >= 0.3 is 0 Å². The molecule has 1 amide bonds. The zero-order valence-electron chi connectivity index (χ0n) is 18.5. The molecule has 7 nitrogen and oxygen atoms in total. The van der Waals surface area contributed by atoms with Crippen LogP contribution in [-0.4, -0.2) is 51.2 Å². The average molecular weight is 410 g/mol. The molecule has 0 saturated heterocycles. The molecule has 3 aromatic heterocycles. The number of nitrogens with zero attached hydrogens (tertiary/aromatic N) is 4. The van der Waals surface area contributed by atoms with Crippen molar-refractivity contribution in [2.24, 2.45) is 0 Å². The first-order valence-corrected chi connectivity index (χ1v) is 10.9. The number of nitrogens with one attached hydrogen (secondary N) is 1. The molecule has 3 aromatic rings. The molecule has 7 heteroatoms. The maximum Gasteiger partial charge on any atom is 0.252 e. The largest absolute Gasteiger partial charge is 0.466 e. The van der Waals surface area contributed by atoms with Crippen LogP contribution in [0.1, 0.15) is 61.5 Å². The molecular weight excluding hydrogens is 378 g/mol. The van der Waals surface area contributed by atoms with Gasteiger partial charge < -0.3 is 9.73 Å². The molecule has 0 radical (unpaired) electrons. The summed E-state index contributed by atoms with van der Waals surface area (Å²) >= 11 is 0. The number of aromatic nitrogens is 3. The van der Waals surface area contributed by atoms with Crippen molar-refractivity contribution in [3.63, 3.8) is 0 Å². The number of likely N-dealkylation sites (N-methyl/N-ethyl adjacent to an activating group) is 1. The highest BCUT2D eigenvalue weighted by Gasteiger charge is 2.27. The number of hydrogen-bond donors (Lipinski definition) is 1. The standard InChI is InChI=1S/C23H31N5O2/c1-6-27(17-7-8-17)10-9-24-23(29)19-12-21(18-11-15(4)30-16(18)5)26-22-20(19)13-25-28(22)14(2)3/h11-14,17H,6-10H2,1-5H3,(H,24,29). The predicted octanol–water partition coefficient (Wildman–Crippen LogP) is 4.10. The first-order valence-electron chi connectivity index (χ1n) is 10.9. The van der Waals surface area contributed by atoms with Crippen LogP contribution in [0.25, 0.3) is 22.3 Å². The zero-order chi connectivity index (χ0) is 21.4. The molecule has 1 N–H and O–H groups in total. The lowest BCUT2D eigenvalue weighted by Crippen LogP contribution is -2.36. The van der Waals surface area contributed by atoms with Gasteiger partial charge in [0.15, 0.2) is 5.65 Å². The molecule has 0 aliphatic heterocycles. The minimum Gasteiger partial charge on any atom is -0.466 e. The molecule has 0 atom stereocenters. The maximum absolute atomic E-state index is 13.1. The van der Waals surface area contributed by atoms with Crippen molar-refractivity contribution in [1.82, 2.24) is 25.0 Å². The molecule has 1 aliphatic carbocycles. The number of hydrogen-bond acceptors (Lipinski definition) is 5. The molecule has 1 saturated carbocycles. The Morgan fingerprint density at radius 1 is 1.33 bits per heavy atom. The van der Waals surface area contributed by atoms with Gasteiger partial charge in [-0.3, -0.25) is 9.69 Å². The van der Waals surface area contributed by atoms with Crippen molar-refractivity contribution in [1.29, 1.82) is 0 Å². The Balaban J connectivity index is 1.66. The van der Waals surface area contributed by atoms with E-state index in [2.05, 4.69) is 36.1 Å². The van der Waals surface area contributed by atoms with Crippen molar-refractivity contribution >= 4 is 16.9 Å². The van der Waals surface area contributed by atoms with E-state index in [4.69, 9.17) is 9.40 Å². The van der Waals surface area contributed by atoms with E-state index in [0.717, 1.165) is 46.9 Å². The van der Waals surface area contributed by atoms with Crippen LogP contribution >= 0.6 is 0 Å². The van der Waals surface area contributed by atoms with Gasteiger partial charge in [0.25, 0.3) is 5.91 Å². The minimum absolute atomic E-state index is 0.0864. The van der Waals surface area contributed by atoms with Gasteiger partial charge in [-0.15, -0.1) is 0 Å². The summed E-state index contributed by atoms with van der Waals surface area (Å²) in [6, 6.07) is 4.67. The van der Waals surface area contributed by atoms with Crippen LogP contribution in [-0.2, 0) is 0 Å².